The lowest BCUT2D eigenvalue weighted by Crippen LogP contribution is -2.75. The fourth-order valence-electron chi connectivity index (χ4n) is 1.78. The molecule has 0 aliphatic rings. The van der Waals surface area contributed by atoms with Gasteiger partial charge in [-0.05, 0) is 0 Å². The Kier molecular flexibility index (Phi) is 7.51. The second-order valence-electron chi connectivity index (χ2n) is 5.97. The molecule has 0 aliphatic heterocycles. The Morgan fingerprint density at radius 1 is 0.406 bits per heavy atom. The summed E-state index contributed by atoms with van der Waals surface area (Å²) >= 11 is 0. The molecular formula is C12H7F19O. The summed E-state index contributed by atoms with van der Waals surface area (Å²) < 4.78 is 250. The summed E-state index contributed by atoms with van der Waals surface area (Å²) in [6.07, 6.45) is -10.6. The van der Waals surface area contributed by atoms with Gasteiger partial charge in [-0.2, -0.15) is 83.4 Å². The van der Waals surface area contributed by atoms with E-state index in [1.165, 1.54) is 0 Å². The lowest BCUT2D eigenvalue weighted by Gasteiger charge is -2.43. The minimum Gasteiger partial charge on any atom is -0.384 e. The van der Waals surface area contributed by atoms with E-state index in [1.54, 1.807) is 0 Å². The maximum atomic E-state index is 13.4. The third-order valence-corrected chi connectivity index (χ3v) is 3.80. The minimum absolute atomic E-state index is 0.443. The highest BCUT2D eigenvalue weighted by molar-refractivity contribution is 5.16. The molecule has 0 aromatic heterocycles. The number of ether oxygens (including phenoxy) is 1. The molecule has 0 aliphatic carbocycles. The van der Waals surface area contributed by atoms with Crippen LogP contribution in [-0.4, -0.2) is 67.3 Å². The Balaban J connectivity index is 6.79. The van der Waals surface area contributed by atoms with Crippen LogP contribution in [0.5, 0.6) is 0 Å². The first-order valence-electron chi connectivity index (χ1n) is 7.14. The van der Waals surface area contributed by atoms with Crippen molar-refractivity contribution in [3.8, 4) is 0 Å². The molecule has 0 fully saturated rings. The molecule has 0 saturated heterocycles. The van der Waals surface area contributed by atoms with Crippen molar-refractivity contribution in [2.24, 2.45) is 0 Å². The molecule has 1 nitrogen and oxygen atoms in total. The zero-order valence-corrected chi connectivity index (χ0v) is 14.5. The molecule has 20 heteroatoms. The van der Waals surface area contributed by atoms with Gasteiger partial charge in [0, 0.05) is 13.5 Å². The van der Waals surface area contributed by atoms with Crippen molar-refractivity contribution in [1.29, 1.82) is 0 Å². The average molecular weight is 528 g/mol. The van der Waals surface area contributed by atoms with Gasteiger partial charge in [-0.25, -0.2) is 0 Å². The topological polar surface area (TPSA) is 9.23 Å². The van der Waals surface area contributed by atoms with Crippen molar-refractivity contribution < 1.29 is 88.2 Å². The van der Waals surface area contributed by atoms with Crippen LogP contribution < -0.4 is 0 Å². The van der Waals surface area contributed by atoms with E-state index in [0.29, 0.717) is 7.11 Å². The molecule has 0 aromatic rings. The van der Waals surface area contributed by atoms with Gasteiger partial charge in [-0.3, -0.25) is 0 Å². The first-order chi connectivity index (χ1) is 13.6. The van der Waals surface area contributed by atoms with Crippen LogP contribution in [0.2, 0.25) is 0 Å². The summed E-state index contributed by atoms with van der Waals surface area (Å²) in [5, 5.41) is 0. The maximum Gasteiger partial charge on any atom is 0.460 e. The molecule has 0 radical (unpaired) electrons. The van der Waals surface area contributed by atoms with Gasteiger partial charge in [0.1, 0.15) is 0 Å². The summed E-state index contributed by atoms with van der Waals surface area (Å²) in [5.41, 5.74) is 0. The lowest BCUT2D eigenvalue weighted by molar-refractivity contribution is -0.468. The number of halogens is 19. The largest absolute Gasteiger partial charge is 0.460 e. The second-order valence-corrected chi connectivity index (χ2v) is 5.97. The second kappa shape index (κ2) is 7.85. The quantitative estimate of drug-likeness (QED) is 0.288. The van der Waals surface area contributed by atoms with Crippen LogP contribution in [0, 0.1) is 0 Å². The molecular weight excluding hydrogens is 521 g/mol. The van der Waals surface area contributed by atoms with E-state index in [0.717, 1.165) is 0 Å². The summed E-state index contributed by atoms with van der Waals surface area (Å²) in [6.45, 7) is -1.67. The highest BCUT2D eigenvalue weighted by Gasteiger charge is 2.96. The Morgan fingerprint density at radius 2 is 0.656 bits per heavy atom. The van der Waals surface area contributed by atoms with E-state index >= 15 is 0 Å². The molecule has 0 saturated carbocycles. The molecule has 0 atom stereocenters. The van der Waals surface area contributed by atoms with Gasteiger partial charge in [-0.1, -0.05) is 0 Å². The van der Waals surface area contributed by atoms with Crippen LogP contribution in [0.4, 0.5) is 83.4 Å². The monoisotopic (exact) mass is 528 g/mol. The van der Waals surface area contributed by atoms with Gasteiger partial charge in [0.05, 0.1) is 6.61 Å². The van der Waals surface area contributed by atoms with Crippen molar-refractivity contribution in [1.82, 2.24) is 0 Å². The van der Waals surface area contributed by atoms with Crippen LogP contribution in [0.3, 0.4) is 0 Å². The molecule has 0 spiro atoms. The number of hydrogen-bond donors (Lipinski definition) is 0. The van der Waals surface area contributed by atoms with Crippen molar-refractivity contribution in [3.05, 3.63) is 0 Å². The van der Waals surface area contributed by atoms with Gasteiger partial charge in [-0.15, -0.1) is 0 Å². The van der Waals surface area contributed by atoms with E-state index in [1.807, 2.05) is 0 Å². The SMILES string of the molecule is COCCC(F)(F)C(F)(F)C(F)(F)C(F)(F)C(F)(F)C(F)(F)C(F)(F)C(F)(F)C(F)(F)F. The molecule has 194 valence electrons. The fraction of sp³-hybridized carbons (Fsp3) is 1.00. The summed E-state index contributed by atoms with van der Waals surface area (Å²) in [5.74, 6) is -66.2. The van der Waals surface area contributed by atoms with Crippen molar-refractivity contribution in [2.45, 2.75) is 60.0 Å². The molecule has 0 N–H and O–H groups in total. The predicted octanol–water partition coefficient (Wildman–Crippen LogP) is 6.67. The van der Waals surface area contributed by atoms with Crippen LogP contribution in [0.1, 0.15) is 6.42 Å². The minimum atomic E-state index is -8.89. The van der Waals surface area contributed by atoms with Crippen molar-refractivity contribution in [2.75, 3.05) is 13.7 Å². The number of rotatable bonds is 10. The Labute approximate surface area is 163 Å². The number of hydrogen-bond acceptors (Lipinski definition) is 1. The summed E-state index contributed by atoms with van der Waals surface area (Å²) in [7, 11) is 0.443. The van der Waals surface area contributed by atoms with Gasteiger partial charge in [0.15, 0.2) is 0 Å². The smallest absolute Gasteiger partial charge is 0.384 e. The zero-order valence-electron chi connectivity index (χ0n) is 14.5. The van der Waals surface area contributed by atoms with E-state index < -0.39 is 66.6 Å². The third kappa shape index (κ3) is 3.82. The molecule has 0 unspecified atom stereocenters. The molecule has 0 bridgehead atoms. The third-order valence-electron chi connectivity index (χ3n) is 3.80. The van der Waals surface area contributed by atoms with E-state index in [2.05, 4.69) is 4.74 Å². The number of methoxy groups -OCH3 is 1. The molecule has 0 aromatic carbocycles. The first-order valence-corrected chi connectivity index (χ1v) is 7.14. The normalized spacial score (nSPS) is 16.5. The van der Waals surface area contributed by atoms with Crippen LogP contribution >= 0.6 is 0 Å². The van der Waals surface area contributed by atoms with Crippen molar-refractivity contribution in [3.63, 3.8) is 0 Å². The lowest BCUT2D eigenvalue weighted by atomic mass is 9.87. The van der Waals surface area contributed by atoms with Gasteiger partial charge in [0.2, 0.25) is 0 Å². The summed E-state index contributed by atoms with van der Waals surface area (Å²) in [6, 6.07) is 0. The van der Waals surface area contributed by atoms with Crippen molar-refractivity contribution >= 4 is 0 Å². The average Bonchev–Trinajstić information content (AvgIpc) is 2.57. The number of alkyl halides is 19. The highest BCUT2D eigenvalue weighted by Crippen LogP contribution is 2.65. The summed E-state index contributed by atoms with van der Waals surface area (Å²) in [4.78, 5) is 0. The van der Waals surface area contributed by atoms with Crippen LogP contribution in [0.15, 0.2) is 0 Å². The van der Waals surface area contributed by atoms with Gasteiger partial charge in [0.25, 0.3) is 0 Å². The predicted molar refractivity (Wildman–Crippen MR) is 62.1 cm³/mol. The molecule has 0 rings (SSSR count). The molecule has 32 heavy (non-hydrogen) atoms. The van der Waals surface area contributed by atoms with E-state index in [-0.39, 0.29) is 0 Å². The van der Waals surface area contributed by atoms with E-state index in [4.69, 9.17) is 0 Å². The van der Waals surface area contributed by atoms with Gasteiger partial charge >= 0.3 is 53.6 Å². The molecule has 0 heterocycles. The van der Waals surface area contributed by atoms with Crippen LogP contribution in [-0.2, 0) is 4.74 Å². The zero-order chi connectivity index (χ0) is 26.6. The Bertz CT molecular complexity index is 660. The maximum absolute atomic E-state index is 13.4. The first kappa shape index (κ1) is 30.6. The van der Waals surface area contributed by atoms with Gasteiger partial charge < -0.3 is 4.74 Å². The Hall–Kier alpha value is -1.37. The van der Waals surface area contributed by atoms with E-state index in [9.17, 15) is 83.4 Å². The highest BCUT2D eigenvalue weighted by atomic mass is 19.4. The van der Waals surface area contributed by atoms with Crippen LogP contribution in [0.25, 0.3) is 0 Å². The fourth-order valence-corrected chi connectivity index (χ4v) is 1.78. The Morgan fingerprint density at radius 3 is 0.906 bits per heavy atom. The molecule has 0 amide bonds. The standard InChI is InChI=1S/C12H7F19O/c1-32-3-2-4(13,14)5(15,16)6(17,18)7(19,20)8(21,22)9(23,24)10(25,26)11(27,28)12(29,30)31/h2-3H2,1H3.